The highest BCUT2D eigenvalue weighted by atomic mass is 35.5. The summed E-state index contributed by atoms with van der Waals surface area (Å²) in [5.74, 6) is -0.995. The lowest BCUT2D eigenvalue weighted by Crippen LogP contribution is -2.02. The van der Waals surface area contributed by atoms with Gasteiger partial charge in [0, 0.05) is 16.0 Å². The second-order valence-corrected chi connectivity index (χ2v) is 6.25. The van der Waals surface area contributed by atoms with Crippen LogP contribution in [0.2, 0.25) is 10.0 Å². The Morgan fingerprint density at radius 2 is 1.74 bits per heavy atom. The molecule has 0 spiro atoms. The fourth-order valence-corrected chi connectivity index (χ4v) is 3.03. The first kappa shape index (κ1) is 15.8. The first-order chi connectivity index (χ1) is 10.9. The van der Waals surface area contributed by atoms with Crippen LogP contribution in [0.3, 0.4) is 0 Å². The van der Waals surface area contributed by atoms with Gasteiger partial charge in [0.15, 0.2) is 0 Å². The summed E-state index contributed by atoms with van der Waals surface area (Å²) in [4.78, 5) is 16.4. The molecule has 23 heavy (non-hydrogen) atoms. The highest BCUT2D eigenvalue weighted by Crippen LogP contribution is 2.33. The SMILES string of the molecule is Cc1ccc(C)c2c(C(=O)O)cc(-c3cc(Cl)ccc3Cl)nc12. The zero-order valence-corrected chi connectivity index (χ0v) is 14.0. The number of aryl methyl sites for hydroxylation is 2. The van der Waals surface area contributed by atoms with Gasteiger partial charge in [-0.15, -0.1) is 0 Å². The molecule has 0 saturated carbocycles. The summed E-state index contributed by atoms with van der Waals surface area (Å²) < 4.78 is 0. The average molecular weight is 346 g/mol. The molecule has 0 aliphatic rings. The Kier molecular flexibility index (Phi) is 4.00. The zero-order chi connectivity index (χ0) is 16.7. The third kappa shape index (κ3) is 2.78. The first-order valence-corrected chi connectivity index (χ1v) is 7.73. The molecule has 0 aliphatic heterocycles. The smallest absolute Gasteiger partial charge is 0.336 e. The van der Waals surface area contributed by atoms with Gasteiger partial charge < -0.3 is 5.11 Å². The predicted molar refractivity (Wildman–Crippen MR) is 93.6 cm³/mol. The minimum atomic E-state index is -0.995. The Bertz CT molecular complexity index is 951. The lowest BCUT2D eigenvalue weighted by Gasteiger charge is -2.12. The van der Waals surface area contributed by atoms with E-state index in [9.17, 15) is 9.90 Å². The Hall–Kier alpha value is -2.10. The normalized spacial score (nSPS) is 11.0. The number of benzene rings is 2. The first-order valence-electron chi connectivity index (χ1n) is 6.98. The topological polar surface area (TPSA) is 50.2 Å². The third-order valence-electron chi connectivity index (χ3n) is 3.81. The lowest BCUT2D eigenvalue weighted by molar-refractivity contribution is 0.0699. The molecule has 0 radical (unpaired) electrons. The van der Waals surface area contributed by atoms with E-state index in [4.69, 9.17) is 23.2 Å². The van der Waals surface area contributed by atoms with Crippen LogP contribution in [0.25, 0.3) is 22.2 Å². The molecule has 0 amide bonds. The number of hydrogen-bond donors (Lipinski definition) is 1. The predicted octanol–water partition coefficient (Wildman–Crippen LogP) is 5.52. The van der Waals surface area contributed by atoms with Crippen LogP contribution in [-0.2, 0) is 0 Å². The quantitative estimate of drug-likeness (QED) is 0.664. The van der Waals surface area contributed by atoms with Crippen molar-refractivity contribution < 1.29 is 9.90 Å². The van der Waals surface area contributed by atoms with Crippen molar-refractivity contribution in [2.45, 2.75) is 13.8 Å². The van der Waals surface area contributed by atoms with Crippen molar-refractivity contribution in [3.63, 3.8) is 0 Å². The van der Waals surface area contributed by atoms with Crippen LogP contribution in [0, 0.1) is 13.8 Å². The van der Waals surface area contributed by atoms with E-state index in [0.29, 0.717) is 32.2 Å². The number of pyridine rings is 1. The van der Waals surface area contributed by atoms with E-state index in [2.05, 4.69) is 4.98 Å². The number of carboxylic acid groups (broad SMARTS) is 1. The van der Waals surface area contributed by atoms with Gasteiger partial charge in [-0.25, -0.2) is 9.78 Å². The summed E-state index contributed by atoms with van der Waals surface area (Å²) in [7, 11) is 0. The molecule has 1 heterocycles. The highest BCUT2D eigenvalue weighted by Gasteiger charge is 2.17. The van der Waals surface area contributed by atoms with E-state index < -0.39 is 5.97 Å². The molecule has 3 rings (SSSR count). The number of hydrogen-bond acceptors (Lipinski definition) is 2. The standard InChI is InChI=1S/C18H13Cl2NO2/c1-9-3-4-10(2)17-16(9)13(18(22)23)8-15(21-17)12-7-11(19)5-6-14(12)20/h3-8H,1-2H3,(H,22,23). The van der Waals surface area contributed by atoms with Crippen LogP contribution in [0.5, 0.6) is 0 Å². The second kappa shape index (κ2) is 5.84. The summed E-state index contributed by atoms with van der Waals surface area (Å²) in [6.07, 6.45) is 0. The molecule has 0 saturated heterocycles. The van der Waals surface area contributed by atoms with Crippen molar-refractivity contribution in [1.29, 1.82) is 0 Å². The van der Waals surface area contributed by atoms with Gasteiger partial charge in [0.2, 0.25) is 0 Å². The summed E-state index contributed by atoms with van der Waals surface area (Å²) >= 11 is 12.3. The van der Waals surface area contributed by atoms with Crippen molar-refractivity contribution >= 4 is 40.1 Å². The van der Waals surface area contributed by atoms with Gasteiger partial charge in [0.25, 0.3) is 0 Å². The van der Waals surface area contributed by atoms with Crippen molar-refractivity contribution in [2.24, 2.45) is 0 Å². The summed E-state index contributed by atoms with van der Waals surface area (Å²) in [6.45, 7) is 3.78. The van der Waals surface area contributed by atoms with Crippen molar-refractivity contribution in [3.8, 4) is 11.3 Å². The molecule has 0 fully saturated rings. The van der Waals surface area contributed by atoms with Gasteiger partial charge in [0.05, 0.1) is 21.8 Å². The van der Waals surface area contributed by atoms with E-state index in [1.54, 1.807) is 24.3 Å². The summed E-state index contributed by atoms with van der Waals surface area (Å²) in [5, 5.41) is 11.3. The molecular weight excluding hydrogens is 333 g/mol. The Balaban J connectivity index is 2.42. The van der Waals surface area contributed by atoms with Gasteiger partial charge in [-0.2, -0.15) is 0 Å². The van der Waals surface area contributed by atoms with Gasteiger partial charge in [0.1, 0.15) is 0 Å². The minimum Gasteiger partial charge on any atom is -0.478 e. The number of nitrogens with zero attached hydrogens (tertiary/aromatic N) is 1. The maximum Gasteiger partial charge on any atom is 0.336 e. The monoisotopic (exact) mass is 345 g/mol. The number of halogens is 2. The number of carboxylic acids is 1. The van der Waals surface area contributed by atoms with Crippen LogP contribution in [0.4, 0.5) is 0 Å². The van der Waals surface area contributed by atoms with E-state index in [1.807, 2.05) is 26.0 Å². The van der Waals surface area contributed by atoms with Crippen LogP contribution in [0.15, 0.2) is 36.4 Å². The van der Waals surface area contributed by atoms with Crippen molar-refractivity contribution in [3.05, 3.63) is 63.1 Å². The molecule has 2 aromatic carbocycles. The number of fused-ring (bicyclic) bond motifs is 1. The minimum absolute atomic E-state index is 0.210. The summed E-state index contributed by atoms with van der Waals surface area (Å²) in [5.41, 5.74) is 3.77. The molecule has 0 atom stereocenters. The Labute approximate surface area is 143 Å². The van der Waals surface area contributed by atoms with Crippen LogP contribution < -0.4 is 0 Å². The van der Waals surface area contributed by atoms with Gasteiger partial charge >= 0.3 is 5.97 Å². The second-order valence-electron chi connectivity index (χ2n) is 5.41. The maximum absolute atomic E-state index is 11.7. The maximum atomic E-state index is 11.7. The van der Waals surface area contributed by atoms with Crippen LogP contribution in [0.1, 0.15) is 21.5 Å². The average Bonchev–Trinajstić information content (AvgIpc) is 2.52. The van der Waals surface area contributed by atoms with E-state index >= 15 is 0 Å². The molecule has 1 aromatic heterocycles. The largest absolute Gasteiger partial charge is 0.478 e. The molecule has 3 nitrogen and oxygen atoms in total. The molecule has 0 aliphatic carbocycles. The van der Waals surface area contributed by atoms with E-state index in [1.165, 1.54) is 0 Å². The Morgan fingerprint density at radius 1 is 1.04 bits per heavy atom. The van der Waals surface area contributed by atoms with Crippen LogP contribution in [-0.4, -0.2) is 16.1 Å². The molecule has 3 aromatic rings. The summed E-state index contributed by atoms with van der Waals surface area (Å²) in [6, 6.07) is 10.4. The molecule has 0 unspecified atom stereocenters. The van der Waals surface area contributed by atoms with Crippen LogP contribution >= 0.6 is 23.2 Å². The molecule has 5 heteroatoms. The zero-order valence-electron chi connectivity index (χ0n) is 12.5. The fraction of sp³-hybridized carbons (Fsp3) is 0.111. The highest BCUT2D eigenvalue weighted by molar-refractivity contribution is 6.35. The number of carbonyl (C=O) groups is 1. The molecule has 1 N–H and O–H groups in total. The lowest BCUT2D eigenvalue weighted by atomic mass is 9.98. The van der Waals surface area contributed by atoms with E-state index in [0.717, 1.165) is 11.1 Å². The number of aromatic nitrogens is 1. The Morgan fingerprint density at radius 3 is 2.43 bits per heavy atom. The van der Waals surface area contributed by atoms with Gasteiger partial charge in [-0.3, -0.25) is 0 Å². The van der Waals surface area contributed by atoms with Crippen molar-refractivity contribution in [1.82, 2.24) is 4.98 Å². The molecular formula is C18H13Cl2NO2. The molecule has 116 valence electrons. The fourth-order valence-electron chi connectivity index (χ4n) is 2.64. The number of rotatable bonds is 2. The molecule has 0 bridgehead atoms. The third-order valence-corrected chi connectivity index (χ3v) is 4.37. The number of aromatic carboxylic acids is 1. The van der Waals surface area contributed by atoms with Crippen molar-refractivity contribution in [2.75, 3.05) is 0 Å². The van der Waals surface area contributed by atoms with Gasteiger partial charge in [-0.05, 0) is 49.2 Å². The van der Waals surface area contributed by atoms with Gasteiger partial charge in [-0.1, -0.05) is 35.3 Å². The van der Waals surface area contributed by atoms with E-state index in [-0.39, 0.29) is 5.56 Å².